The molecule has 0 bridgehead atoms. The second kappa shape index (κ2) is 7.13. The first-order chi connectivity index (χ1) is 9.06. The minimum atomic E-state index is -1.37. The van der Waals surface area contributed by atoms with Gasteiger partial charge in [0.15, 0.2) is 6.10 Å². The zero-order chi connectivity index (χ0) is 14.3. The van der Waals surface area contributed by atoms with Gasteiger partial charge in [0.1, 0.15) is 6.04 Å². The van der Waals surface area contributed by atoms with Crippen molar-refractivity contribution in [3.63, 3.8) is 0 Å². The normalized spacial score (nSPS) is 13.1. The Morgan fingerprint density at radius 2 is 2.00 bits per heavy atom. The van der Waals surface area contributed by atoms with Crippen molar-refractivity contribution in [3.8, 4) is 6.07 Å². The van der Waals surface area contributed by atoms with Crippen LogP contribution in [0.5, 0.6) is 0 Å². The van der Waals surface area contributed by atoms with E-state index in [9.17, 15) is 14.7 Å². The lowest BCUT2D eigenvalue weighted by molar-refractivity contribution is -0.133. The van der Waals surface area contributed by atoms with Crippen LogP contribution in [0.3, 0.4) is 0 Å². The molecule has 0 unspecified atom stereocenters. The van der Waals surface area contributed by atoms with Crippen LogP contribution in [-0.2, 0) is 9.59 Å². The number of rotatable bonds is 6. The number of carbonyl (C=O) groups is 2. The molecule has 0 spiro atoms. The van der Waals surface area contributed by atoms with Gasteiger partial charge < -0.3 is 16.2 Å². The van der Waals surface area contributed by atoms with E-state index in [1.807, 2.05) is 6.07 Å². The fourth-order valence-corrected chi connectivity index (χ4v) is 1.53. The molecule has 0 heterocycles. The average Bonchev–Trinajstić information content (AvgIpc) is 2.43. The van der Waals surface area contributed by atoms with Crippen LogP contribution in [-0.4, -0.2) is 23.0 Å². The number of primary amides is 1. The van der Waals surface area contributed by atoms with Gasteiger partial charge in [0.05, 0.1) is 6.07 Å². The van der Waals surface area contributed by atoms with Crippen molar-refractivity contribution >= 4 is 11.8 Å². The number of nitriles is 1. The van der Waals surface area contributed by atoms with Crippen molar-refractivity contribution in [1.29, 1.82) is 5.26 Å². The van der Waals surface area contributed by atoms with Gasteiger partial charge in [-0.05, 0) is 12.0 Å². The molecule has 19 heavy (non-hydrogen) atoms. The highest BCUT2D eigenvalue weighted by Gasteiger charge is 2.23. The Morgan fingerprint density at radius 1 is 1.37 bits per heavy atom. The molecular formula is C13H15N3O3. The molecule has 1 aromatic rings. The minimum absolute atomic E-state index is 0.0926. The number of nitrogens with zero attached hydrogens (tertiary/aromatic N) is 1. The van der Waals surface area contributed by atoms with E-state index in [4.69, 9.17) is 11.0 Å². The summed E-state index contributed by atoms with van der Waals surface area (Å²) in [6.07, 6.45) is -1.15. The highest BCUT2D eigenvalue weighted by Crippen LogP contribution is 2.12. The number of amides is 2. The molecule has 100 valence electrons. The molecule has 0 radical (unpaired) electrons. The third kappa shape index (κ3) is 4.41. The molecule has 0 aliphatic heterocycles. The lowest BCUT2D eigenvalue weighted by atomic mass is 10.1. The van der Waals surface area contributed by atoms with Crippen LogP contribution in [0.1, 0.15) is 24.5 Å². The van der Waals surface area contributed by atoms with Gasteiger partial charge in [0, 0.05) is 6.42 Å². The minimum Gasteiger partial charge on any atom is -0.378 e. The van der Waals surface area contributed by atoms with Gasteiger partial charge in [-0.1, -0.05) is 30.3 Å². The Hall–Kier alpha value is -2.39. The topological polar surface area (TPSA) is 116 Å². The van der Waals surface area contributed by atoms with Gasteiger partial charge in [-0.15, -0.1) is 0 Å². The molecule has 0 aliphatic rings. The van der Waals surface area contributed by atoms with Crippen LogP contribution in [0.4, 0.5) is 0 Å². The summed E-state index contributed by atoms with van der Waals surface area (Å²) in [5, 5.41) is 20.6. The van der Waals surface area contributed by atoms with E-state index in [0.717, 1.165) is 0 Å². The lowest BCUT2D eigenvalue weighted by Crippen LogP contribution is -2.46. The van der Waals surface area contributed by atoms with Crippen molar-refractivity contribution in [2.24, 2.45) is 5.73 Å². The summed E-state index contributed by atoms with van der Waals surface area (Å²) in [5.41, 5.74) is 5.54. The second-order valence-corrected chi connectivity index (χ2v) is 3.97. The molecule has 2 amide bonds. The van der Waals surface area contributed by atoms with E-state index in [0.29, 0.717) is 5.56 Å². The second-order valence-electron chi connectivity index (χ2n) is 3.97. The van der Waals surface area contributed by atoms with Gasteiger partial charge in [-0.3, -0.25) is 9.59 Å². The lowest BCUT2D eigenvalue weighted by Gasteiger charge is -2.17. The van der Waals surface area contributed by atoms with Crippen molar-refractivity contribution in [2.75, 3.05) is 0 Å². The zero-order valence-electron chi connectivity index (χ0n) is 10.2. The van der Waals surface area contributed by atoms with Crippen LogP contribution in [0, 0.1) is 11.3 Å². The van der Waals surface area contributed by atoms with Gasteiger partial charge >= 0.3 is 0 Å². The Bertz CT molecular complexity index is 482. The third-order valence-electron chi connectivity index (χ3n) is 2.57. The maximum atomic E-state index is 11.8. The largest absolute Gasteiger partial charge is 0.378 e. The quantitative estimate of drug-likeness (QED) is 0.667. The van der Waals surface area contributed by atoms with Crippen molar-refractivity contribution in [3.05, 3.63) is 35.9 Å². The van der Waals surface area contributed by atoms with Crippen LogP contribution in [0.2, 0.25) is 0 Å². The van der Waals surface area contributed by atoms with Gasteiger partial charge in [-0.25, -0.2) is 0 Å². The highest BCUT2D eigenvalue weighted by molar-refractivity contribution is 5.88. The van der Waals surface area contributed by atoms with Crippen LogP contribution in [0.15, 0.2) is 30.3 Å². The maximum Gasteiger partial charge on any atom is 0.254 e. The van der Waals surface area contributed by atoms with Gasteiger partial charge in [-0.2, -0.15) is 5.26 Å². The van der Waals surface area contributed by atoms with Crippen molar-refractivity contribution in [2.45, 2.75) is 25.0 Å². The molecule has 6 nitrogen and oxygen atoms in total. The number of carbonyl (C=O) groups excluding carboxylic acids is 2. The van der Waals surface area contributed by atoms with E-state index in [-0.39, 0.29) is 12.8 Å². The molecule has 2 atom stereocenters. The molecule has 0 aromatic heterocycles. The average molecular weight is 261 g/mol. The fourth-order valence-electron chi connectivity index (χ4n) is 1.53. The summed E-state index contributed by atoms with van der Waals surface area (Å²) < 4.78 is 0. The summed E-state index contributed by atoms with van der Waals surface area (Å²) in [7, 11) is 0. The monoisotopic (exact) mass is 261 g/mol. The first kappa shape index (κ1) is 14.7. The number of hydrogen-bond donors (Lipinski definition) is 3. The molecule has 6 heteroatoms. The van der Waals surface area contributed by atoms with E-state index in [2.05, 4.69) is 5.32 Å². The summed E-state index contributed by atoms with van der Waals surface area (Å²) >= 11 is 0. The molecule has 0 fully saturated rings. The summed E-state index contributed by atoms with van der Waals surface area (Å²) in [6, 6.07) is 9.24. The number of aliphatic hydroxyl groups excluding tert-OH is 1. The number of aliphatic hydroxyl groups is 1. The van der Waals surface area contributed by atoms with E-state index >= 15 is 0 Å². The molecular weight excluding hydrogens is 246 g/mol. The zero-order valence-corrected chi connectivity index (χ0v) is 10.2. The van der Waals surface area contributed by atoms with Crippen LogP contribution < -0.4 is 11.1 Å². The fraction of sp³-hybridized carbons (Fsp3) is 0.308. The first-order valence-corrected chi connectivity index (χ1v) is 5.76. The molecule has 0 aliphatic carbocycles. The Morgan fingerprint density at radius 3 is 2.53 bits per heavy atom. The van der Waals surface area contributed by atoms with E-state index in [1.165, 1.54) is 0 Å². The number of nitrogens with two attached hydrogens (primary N) is 1. The standard InChI is InChI=1S/C13H15N3O3/c14-8-4-7-10(12(15)18)16-13(19)11(17)9-5-2-1-3-6-9/h1-3,5-6,10-11,17H,4,7H2,(H2,15,18)(H,16,19)/t10-,11-/m0/s1. The Labute approximate surface area is 110 Å². The maximum absolute atomic E-state index is 11.8. The van der Waals surface area contributed by atoms with Crippen molar-refractivity contribution in [1.82, 2.24) is 5.32 Å². The Balaban J connectivity index is 2.67. The summed E-state index contributed by atoms with van der Waals surface area (Å²) in [6.45, 7) is 0. The highest BCUT2D eigenvalue weighted by atomic mass is 16.3. The first-order valence-electron chi connectivity index (χ1n) is 5.76. The molecule has 1 aromatic carbocycles. The number of hydrogen-bond acceptors (Lipinski definition) is 4. The summed E-state index contributed by atoms with van der Waals surface area (Å²) in [5.74, 6) is -1.45. The Kier molecular flexibility index (Phi) is 5.51. The predicted octanol–water partition coefficient (Wildman–Crippen LogP) is -0.00612. The van der Waals surface area contributed by atoms with Crippen LogP contribution >= 0.6 is 0 Å². The van der Waals surface area contributed by atoms with Gasteiger partial charge in [0.2, 0.25) is 5.91 Å². The molecule has 0 saturated heterocycles. The SMILES string of the molecule is N#CCC[C@H](NC(=O)[C@@H](O)c1ccccc1)C(N)=O. The predicted molar refractivity (Wildman–Crippen MR) is 67.4 cm³/mol. The van der Waals surface area contributed by atoms with E-state index in [1.54, 1.807) is 30.3 Å². The van der Waals surface area contributed by atoms with Crippen LogP contribution in [0.25, 0.3) is 0 Å². The number of benzene rings is 1. The van der Waals surface area contributed by atoms with Gasteiger partial charge in [0.25, 0.3) is 5.91 Å². The third-order valence-corrected chi connectivity index (χ3v) is 2.57. The van der Waals surface area contributed by atoms with Crippen molar-refractivity contribution < 1.29 is 14.7 Å². The molecule has 1 rings (SSSR count). The van der Waals surface area contributed by atoms with E-state index < -0.39 is 24.0 Å². The molecule has 0 saturated carbocycles. The number of nitrogens with one attached hydrogen (secondary N) is 1. The smallest absolute Gasteiger partial charge is 0.254 e. The summed E-state index contributed by atoms with van der Waals surface area (Å²) in [4.78, 5) is 22.9. The molecule has 4 N–H and O–H groups in total.